The van der Waals surface area contributed by atoms with Crippen LogP contribution in [0.3, 0.4) is 0 Å². The fourth-order valence-electron chi connectivity index (χ4n) is 2.32. The molecule has 2 amide bonds. The molecule has 0 spiro atoms. The summed E-state index contributed by atoms with van der Waals surface area (Å²) in [6.45, 7) is 8.59. The lowest BCUT2D eigenvalue weighted by Gasteiger charge is -2.26. The molecular weight excluding hydrogens is 256 g/mol. The SMILES string of the molecule is CNCCN(CCNC(=O)CN1CCCC1=O)C(C)C. The average Bonchev–Trinajstić information content (AvgIpc) is 2.78. The number of nitrogens with one attached hydrogen (secondary N) is 2. The molecule has 6 heteroatoms. The van der Waals surface area contributed by atoms with E-state index in [4.69, 9.17) is 0 Å². The van der Waals surface area contributed by atoms with E-state index in [-0.39, 0.29) is 18.4 Å². The van der Waals surface area contributed by atoms with Gasteiger partial charge in [-0.25, -0.2) is 0 Å². The fraction of sp³-hybridized carbons (Fsp3) is 0.857. The summed E-state index contributed by atoms with van der Waals surface area (Å²) in [5.74, 6) is 0.0375. The highest BCUT2D eigenvalue weighted by molar-refractivity contribution is 5.85. The lowest BCUT2D eigenvalue weighted by atomic mass is 10.3. The predicted molar refractivity (Wildman–Crippen MR) is 79.5 cm³/mol. The van der Waals surface area contributed by atoms with Gasteiger partial charge in [0.2, 0.25) is 11.8 Å². The van der Waals surface area contributed by atoms with Crippen LogP contribution in [0.25, 0.3) is 0 Å². The average molecular weight is 284 g/mol. The molecule has 6 nitrogen and oxygen atoms in total. The van der Waals surface area contributed by atoms with E-state index in [0.29, 0.717) is 25.6 Å². The largest absolute Gasteiger partial charge is 0.353 e. The molecule has 0 atom stereocenters. The van der Waals surface area contributed by atoms with Gasteiger partial charge in [-0.1, -0.05) is 0 Å². The molecule has 1 heterocycles. The van der Waals surface area contributed by atoms with Crippen LogP contribution in [0.15, 0.2) is 0 Å². The summed E-state index contributed by atoms with van der Waals surface area (Å²) < 4.78 is 0. The summed E-state index contributed by atoms with van der Waals surface area (Å²) >= 11 is 0. The highest BCUT2D eigenvalue weighted by Gasteiger charge is 2.22. The van der Waals surface area contributed by atoms with Crippen LogP contribution in [0.4, 0.5) is 0 Å². The lowest BCUT2D eigenvalue weighted by Crippen LogP contribution is -2.44. The van der Waals surface area contributed by atoms with Gasteiger partial charge >= 0.3 is 0 Å². The lowest BCUT2D eigenvalue weighted by molar-refractivity contribution is -0.133. The molecule has 1 aliphatic rings. The Labute approximate surface area is 121 Å². The van der Waals surface area contributed by atoms with Crippen molar-refractivity contribution in [1.82, 2.24) is 20.4 Å². The Kier molecular flexibility index (Phi) is 7.54. The van der Waals surface area contributed by atoms with Crippen LogP contribution in [0.2, 0.25) is 0 Å². The predicted octanol–water partition coefficient (Wildman–Crippen LogP) is -0.345. The quantitative estimate of drug-likeness (QED) is 0.608. The standard InChI is InChI=1S/C14H28N4O2/c1-12(2)17(9-6-15-3)10-7-16-13(19)11-18-8-4-5-14(18)20/h12,15H,4-11H2,1-3H3,(H,16,19). The molecule has 1 fully saturated rings. The molecule has 0 radical (unpaired) electrons. The van der Waals surface area contributed by atoms with Crippen molar-refractivity contribution in [3.63, 3.8) is 0 Å². The van der Waals surface area contributed by atoms with Gasteiger partial charge in [0.05, 0.1) is 6.54 Å². The molecule has 1 aliphatic heterocycles. The van der Waals surface area contributed by atoms with Gasteiger partial charge in [-0.05, 0) is 27.3 Å². The summed E-state index contributed by atoms with van der Waals surface area (Å²) in [5.41, 5.74) is 0. The van der Waals surface area contributed by atoms with Crippen LogP contribution in [0.5, 0.6) is 0 Å². The van der Waals surface area contributed by atoms with E-state index in [0.717, 1.165) is 26.1 Å². The molecule has 2 N–H and O–H groups in total. The van der Waals surface area contributed by atoms with Gasteiger partial charge in [-0.15, -0.1) is 0 Å². The molecule has 116 valence electrons. The maximum Gasteiger partial charge on any atom is 0.239 e. The van der Waals surface area contributed by atoms with Crippen LogP contribution in [-0.2, 0) is 9.59 Å². The Morgan fingerprint density at radius 1 is 1.35 bits per heavy atom. The molecule has 0 aromatic rings. The van der Waals surface area contributed by atoms with Crippen molar-refractivity contribution in [2.24, 2.45) is 0 Å². The van der Waals surface area contributed by atoms with Gasteiger partial charge in [0, 0.05) is 45.2 Å². The van der Waals surface area contributed by atoms with E-state index in [1.165, 1.54) is 0 Å². The number of amides is 2. The maximum atomic E-state index is 11.8. The Bertz CT molecular complexity index is 320. The second kappa shape index (κ2) is 8.92. The van der Waals surface area contributed by atoms with Crippen LogP contribution in [0, 0.1) is 0 Å². The van der Waals surface area contributed by atoms with E-state index in [9.17, 15) is 9.59 Å². The molecule has 0 aromatic heterocycles. The molecule has 1 rings (SSSR count). The summed E-state index contributed by atoms with van der Waals surface area (Å²) in [4.78, 5) is 27.2. The molecule has 1 saturated heterocycles. The van der Waals surface area contributed by atoms with Crippen molar-refractivity contribution in [2.75, 3.05) is 46.3 Å². The van der Waals surface area contributed by atoms with Gasteiger partial charge in [-0.2, -0.15) is 0 Å². The van der Waals surface area contributed by atoms with E-state index in [1.54, 1.807) is 4.90 Å². The van der Waals surface area contributed by atoms with Crippen molar-refractivity contribution >= 4 is 11.8 Å². The van der Waals surface area contributed by atoms with Gasteiger partial charge in [0.15, 0.2) is 0 Å². The monoisotopic (exact) mass is 284 g/mol. The summed E-state index contributed by atoms with van der Waals surface area (Å²) in [5, 5.41) is 6.03. The van der Waals surface area contributed by atoms with Crippen LogP contribution < -0.4 is 10.6 Å². The van der Waals surface area contributed by atoms with Gasteiger partial charge in [-0.3, -0.25) is 14.5 Å². The molecule has 0 unspecified atom stereocenters. The van der Waals surface area contributed by atoms with Crippen LogP contribution >= 0.6 is 0 Å². The number of hydrogen-bond acceptors (Lipinski definition) is 4. The number of carbonyl (C=O) groups excluding carboxylic acids is 2. The Morgan fingerprint density at radius 3 is 2.60 bits per heavy atom. The smallest absolute Gasteiger partial charge is 0.239 e. The Hall–Kier alpha value is -1.14. The molecule has 20 heavy (non-hydrogen) atoms. The number of nitrogens with zero attached hydrogens (tertiary/aromatic N) is 2. The number of hydrogen-bond donors (Lipinski definition) is 2. The maximum absolute atomic E-state index is 11.8. The Balaban J connectivity index is 2.20. The molecule has 0 bridgehead atoms. The summed E-state index contributed by atoms with van der Waals surface area (Å²) in [6.07, 6.45) is 1.45. The molecule has 0 saturated carbocycles. The molecule has 0 aromatic carbocycles. The first kappa shape index (κ1) is 16.9. The van der Waals surface area contributed by atoms with E-state index < -0.39 is 0 Å². The second-order valence-corrected chi connectivity index (χ2v) is 5.50. The van der Waals surface area contributed by atoms with Gasteiger partial charge in [0.25, 0.3) is 0 Å². The zero-order valence-electron chi connectivity index (χ0n) is 12.9. The van der Waals surface area contributed by atoms with Crippen molar-refractivity contribution in [3.8, 4) is 0 Å². The van der Waals surface area contributed by atoms with Crippen molar-refractivity contribution in [1.29, 1.82) is 0 Å². The number of likely N-dealkylation sites (N-methyl/N-ethyl adjacent to an activating group) is 1. The van der Waals surface area contributed by atoms with Crippen LogP contribution in [0.1, 0.15) is 26.7 Å². The molecule has 0 aliphatic carbocycles. The number of carbonyl (C=O) groups is 2. The first-order valence-corrected chi connectivity index (χ1v) is 7.47. The van der Waals surface area contributed by atoms with E-state index >= 15 is 0 Å². The first-order chi connectivity index (χ1) is 9.54. The number of rotatable bonds is 9. The second-order valence-electron chi connectivity index (χ2n) is 5.50. The third-order valence-corrected chi connectivity index (χ3v) is 3.61. The van der Waals surface area contributed by atoms with Crippen molar-refractivity contribution in [2.45, 2.75) is 32.7 Å². The zero-order chi connectivity index (χ0) is 15.0. The highest BCUT2D eigenvalue weighted by Crippen LogP contribution is 2.08. The van der Waals surface area contributed by atoms with Crippen molar-refractivity contribution in [3.05, 3.63) is 0 Å². The van der Waals surface area contributed by atoms with Crippen LogP contribution in [-0.4, -0.2) is 74.0 Å². The summed E-state index contributed by atoms with van der Waals surface area (Å²) in [7, 11) is 1.94. The van der Waals surface area contributed by atoms with E-state index in [1.807, 2.05) is 7.05 Å². The topological polar surface area (TPSA) is 64.7 Å². The minimum Gasteiger partial charge on any atom is -0.353 e. The molecular formula is C14H28N4O2. The fourth-order valence-corrected chi connectivity index (χ4v) is 2.32. The number of likely N-dealkylation sites (tertiary alicyclic amines) is 1. The normalized spacial score (nSPS) is 15.4. The van der Waals surface area contributed by atoms with Gasteiger partial charge in [0.1, 0.15) is 0 Å². The zero-order valence-corrected chi connectivity index (χ0v) is 12.9. The summed E-state index contributed by atoms with van der Waals surface area (Å²) in [6, 6.07) is 0.459. The first-order valence-electron chi connectivity index (χ1n) is 7.47. The third-order valence-electron chi connectivity index (χ3n) is 3.61. The van der Waals surface area contributed by atoms with Crippen molar-refractivity contribution < 1.29 is 9.59 Å². The van der Waals surface area contributed by atoms with E-state index in [2.05, 4.69) is 29.4 Å². The Morgan fingerprint density at radius 2 is 2.05 bits per heavy atom. The van der Waals surface area contributed by atoms with Gasteiger partial charge < -0.3 is 15.5 Å². The highest BCUT2D eigenvalue weighted by atomic mass is 16.2. The third kappa shape index (κ3) is 5.88. The minimum atomic E-state index is -0.0578. The minimum absolute atomic E-state index is 0.0578.